The Kier molecular flexibility index (Phi) is 3.29. The van der Waals surface area contributed by atoms with Crippen molar-refractivity contribution in [2.24, 2.45) is 0 Å². The van der Waals surface area contributed by atoms with E-state index < -0.39 is 0 Å². The molecule has 94 valence electrons. The van der Waals surface area contributed by atoms with Crippen LogP contribution in [0.4, 0.5) is 0 Å². The van der Waals surface area contributed by atoms with Gasteiger partial charge in [0.2, 0.25) is 0 Å². The Bertz CT molecular complexity index is 684. The molecule has 0 aliphatic heterocycles. The number of nitrogens with zero attached hydrogens (tertiary/aromatic N) is 1. The quantitative estimate of drug-likeness (QED) is 0.648. The number of ether oxygens (including phenoxy) is 1. The third-order valence-electron chi connectivity index (χ3n) is 2.74. The Morgan fingerprint density at radius 2 is 2.05 bits per heavy atom. The second-order valence-corrected chi connectivity index (χ2v) is 5.14. The zero-order valence-electron chi connectivity index (χ0n) is 10.4. The van der Waals surface area contributed by atoms with Crippen LogP contribution in [-0.4, -0.2) is 11.6 Å². The summed E-state index contributed by atoms with van der Waals surface area (Å²) in [5, 5.41) is 1.02. The van der Waals surface area contributed by atoms with Crippen molar-refractivity contribution in [1.29, 1.82) is 0 Å². The number of fused-ring (bicyclic) bond motifs is 1. The molecule has 1 aromatic heterocycles. The highest BCUT2D eigenvalue weighted by Crippen LogP contribution is 2.31. The molecule has 2 nitrogen and oxygen atoms in total. The number of thiazole rings is 1. The summed E-state index contributed by atoms with van der Waals surface area (Å²) >= 11 is 1.70. The van der Waals surface area contributed by atoms with Crippen molar-refractivity contribution >= 4 is 21.6 Å². The first-order valence-corrected chi connectivity index (χ1v) is 6.88. The van der Waals surface area contributed by atoms with E-state index >= 15 is 0 Å². The third-order valence-corrected chi connectivity index (χ3v) is 3.83. The normalized spacial score (nSPS) is 10.5. The smallest absolute Gasteiger partial charge is 0.124 e. The molecule has 0 aliphatic rings. The fourth-order valence-electron chi connectivity index (χ4n) is 1.87. The molecule has 3 aromatic rings. The van der Waals surface area contributed by atoms with Gasteiger partial charge in [-0.25, -0.2) is 4.98 Å². The van der Waals surface area contributed by atoms with Gasteiger partial charge < -0.3 is 4.74 Å². The summed E-state index contributed by atoms with van der Waals surface area (Å²) in [5.41, 5.74) is 2.13. The SMILES string of the molecule is C=CCOc1cccc(-c2nc3ccccc3s2)c1. The molecule has 0 atom stereocenters. The standard InChI is InChI=1S/C16H13NOS/c1-2-10-18-13-7-5-6-12(11-13)16-17-14-8-3-4-9-15(14)19-16/h2-9,11H,1,10H2. The molecule has 0 radical (unpaired) electrons. The highest BCUT2D eigenvalue weighted by Gasteiger charge is 2.06. The van der Waals surface area contributed by atoms with Crippen LogP contribution < -0.4 is 4.74 Å². The number of benzene rings is 2. The molecule has 0 saturated heterocycles. The third kappa shape index (κ3) is 2.51. The van der Waals surface area contributed by atoms with Gasteiger partial charge in [0, 0.05) is 5.56 Å². The molecule has 3 rings (SSSR count). The second kappa shape index (κ2) is 5.24. The molecule has 0 N–H and O–H groups in total. The molecule has 0 bridgehead atoms. The van der Waals surface area contributed by atoms with Gasteiger partial charge >= 0.3 is 0 Å². The predicted octanol–water partition coefficient (Wildman–Crippen LogP) is 4.53. The van der Waals surface area contributed by atoms with E-state index in [9.17, 15) is 0 Å². The van der Waals surface area contributed by atoms with Gasteiger partial charge in [-0.15, -0.1) is 11.3 Å². The lowest BCUT2D eigenvalue weighted by atomic mass is 10.2. The van der Waals surface area contributed by atoms with Gasteiger partial charge in [-0.1, -0.05) is 36.9 Å². The van der Waals surface area contributed by atoms with Crippen LogP contribution in [0, 0.1) is 0 Å². The monoisotopic (exact) mass is 267 g/mol. The van der Waals surface area contributed by atoms with E-state index in [4.69, 9.17) is 4.74 Å². The summed E-state index contributed by atoms with van der Waals surface area (Å²) in [6, 6.07) is 16.2. The Hall–Kier alpha value is -2.13. The first-order chi connectivity index (χ1) is 9.36. The average Bonchev–Trinajstić information content (AvgIpc) is 2.89. The van der Waals surface area contributed by atoms with Crippen LogP contribution in [0.25, 0.3) is 20.8 Å². The van der Waals surface area contributed by atoms with Crippen molar-refractivity contribution < 1.29 is 4.74 Å². The molecule has 2 aromatic carbocycles. The average molecular weight is 267 g/mol. The second-order valence-electron chi connectivity index (χ2n) is 4.11. The van der Waals surface area contributed by atoms with Crippen LogP contribution in [-0.2, 0) is 0 Å². The number of rotatable bonds is 4. The van der Waals surface area contributed by atoms with Crippen LogP contribution >= 0.6 is 11.3 Å². The largest absolute Gasteiger partial charge is 0.490 e. The zero-order valence-corrected chi connectivity index (χ0v) is 11.2. The van der Waals surface area contributed by atoms with Gasteiger partial charge in [-0.3, -0.25) is 0 Å². The maximum Gasteiger partial charge on any atom is 0.124 e. The Labute approximate surface area is 116 Å². The fraction of sp³-hybridized carbons (Fsp3) is 0.0625. The van der Waals surface area contributed by atoms with Gasteiger partial charge in [0.15, 0.2) is 0 Å². The van der Waals surface area contributed by atoms with E-state index in [0.717, 1.165) is 21.8 Å². The van der Waals surface area contributed by atoms with Crippen molar-refractivity contribution in [2.75, 3.05) is 6.61 Å². The lowest BCUT2D eigenvalue weighted by Crippen LogP contribution is -1.92. The molecule has 0 aliphatic carbocycles. The summed E-state index contributed by atoms with van der Waals surface area (Å²) < 4.78 is 6.75. The minimum Gasteiger partial charge on any atom is -0.490 e. The predicted molar refractivity (Wildman–Crippen MR) is 80.7 cm³/mol. The fourth-order valence-corrected chi connectivity index (χ4v) is 2.83. The molecule has 0 fully saturated rings. The van der Waals surface area contributed by atoms with E-state index in [1.807, 2.05) is 36.4 Å². The molecule has 0 spiro atoms. The van der Waals surface area contributed by atoms with Gasteiger partial charge in [0.05, 0.1) is 10.2 Å². The Balaban J connectivity index is 1.98. The number of hydrogen-bond acceptors (Lipinski definition) is 3. The minimum atomic E-state index is 0.517. The van der Waals surface area contributed by atoms with Crippen LogP contribution in [0.5, 0.6) is 5.75 Å². The number of para-hydroxylation sites is 1. The molecular formula is C16H13NOS. The topological polar surface area (TPSA) is 22.1 Å². The first kappa shape index (κ1) is 11.9. The van der Waals surface area contributed by atoms with E-state index in [2.05, 4.69) is 23.7 Å². The molecule has 0 amide bonds. The molecule has 0 unspecified atom stereocenters. The summed E-state index contributed by atoms with van der Waals surface area (Å²) in [5.74, 6) is 0.844. The lowest BCUT2D eigenvalue weighted by Gasteiger charge is -2.04. The molecule has 3 heteroatoms. The van der Waals surface area contributed by atoms with Gasteiger partial charge in [-0.2, -0.15) is 0 Å². The summed E-state index contributed by atoms with van der Waals surface area (Å²) in [6.07, 6.45) is 1.74. The molecule has 19 heavy (non-hydrogen) atoms. The summed E-state index contributed by atoms with van der Waals surface area (Å²) in [4.78, 5) is 4.65. The van der Waals surface area contributed by atoms with E-state index in [-0.39, 0.29) is 0 Å². The highest BCUT2D eigenvalue weighted by atomic mass is 32.1. The zero-order chi connectivity index (χ0) is 13.1. The number of aromatic nitrogens is 1. The van der Waals surface area contributed by atoms with E-state index in [1.54, 1.807) is 17.4 Å². The summed E-state index contributed by atoms with van der Waals surface area (Å²) in [7, 11) is 0. The summed E-state index contributed by atoms with van der Waals surface area (Å²) in [6.45, 7) is 4.17. The first-order valence-electron chi connectivity index (χ1n) is 6.06. The lowest BCUT2D eigenvalue weighted by molar-refractivity contribution is 0.363. The van der Waals surface area contributed by atoms with Crippen LogP contribution in [0.1, 0.15) is 0 Å². The van der Waals surface area contributed by atoms with Gasteiger partial charge in [0.1, 0.15) is 17.4 Å². The van der Waals surface area contributed by atoms with Crippen molar-refractivity contribution in [3.8, 4) is 16.3 Å². The van der Waals surface area contributed by atoms with Crippen molar-refractivity contribution in [3.63, 3.8) is 0 Å². The van der Waals surface area contributed by atoms with Crippen molar-refractivity contribution in [2.45, 2.75) is 0 Å². The maximum absolute atomic E-state index is 5.55. The Morgan fingerprint density at radius 3 is 2.89 bits per heavy atom. The van der Waals surface area contributed by atoms with E-state index in [0.29, 0.717) is 6.61 Å². The Morgan fingerprint density at radius 1 is 1.16 bits per heavy atom. The van der Waals surface area contributed by atoms with Crippen molar-refractivity contribution in [1.82, 2.24) is 4.98 Å². The minimum absolute atomic E-state index is 0.517. The molecule has 0 saturated carbocycles. The molecule has 1 heterocycles. The highest BCUT2D eigenvalue weighted by molar-refractivity contribution is 7.21. The van der Waals surface area contributed by atoms with Crippen LogP contribution in [0.3, 0.4) is 0 Å². The maximum atomic E-state index is 5.55. The van der Waals surface area contributed by atoms with Crippen molar-refractivity contribution in [3.05, 3.63) is 61.2 Å². The number of hydrogen-bond donors (Lipinski definition) is 0. The van der Waals surface area contributed by atoms with Gasteiger partial charge in [-0.05, 0) is 24.3 Å². The van der Waals surface area contributed by atoms with Gasteiger partial charge in [0.25, 0.3) is 0 Å². The van der Waals surface area contributed by atoms with Crippen LogP contribution in [0.2, 0.25) is 0 Å². The van der Waals surface area contributed by atoms with E-state index in [1.165, 1.54) is 4.70 Å². The molecular weight excluding hydrogens is 254 g/mol. The van der Waals surface area contributed by atoms with Crippen LogP contribution in [0.15, 0.2) is 61.2 Å².